The lowest BCUT2D eigenvalue weighted by atomic mass is 9.77. The minimum atomic E-state index is -0.717. The van der Waals surface area contributed by atoms with Crippen LogP contribution in [-0.4, -0.2) is 41.8 Å². The first-order valence-electron chi connectivity index (χ1n) is 12.2. The number of carbonyl (C=O) groups excluding carboxylic acids is 1. The lowest BCUT2D eigenvalue weighted by Crippen LogP contribution is -2.61. The van der Waals surface area contributed by atoms with Gasteiger partial charge in [0.15, 0.2) is 0 Å². The van der Waals surface area contributed by atoms with E-state index < -0.39 is 6.09 Å². The third kappa shape index (κ3) is 5.20. The summed E-state index contributed by atoms with van der Waals surface area (Å²) in [6.07, 6.45) is 2.48. The number of ether oxygens (including phenoxy) is 2. The maximum Gasteiger partial charge on any atom is 0.404 e. The van der Waals surface area contributed by atoms with Gasteiger partial charge in [-0.25, -0.2) is 4.79 Å². The molecule has 180 valence electrons. The van der Waals surface area contributed by atoms with Crippen molar-refractivity contribution < 1.29 is 14.3 Å². The molecule has 1 saturated carbocycles. The number of benzene rings is 2. The maximum absolute atomic E-state index is 11.7. The molecular weight excluding hydrogens is 426 g/mol. The molecule has 4 rings (SSSR count). The molecule has 1 saturated heterocycles. The molecule has 4 unspecified atom stereocenters. The van der Waals surface area contributed by atoms with E-state index in [4.69, 9.17) is 15.2 Å². The highest BCUT2D eigenvalue weighted by molar-refractivity contribution is 5.64. The van der Waals surface area contributed by atoms with E-state index >= 15 is 0 Å². The Morgan fingerprint density at radius 2 is 1.76 bits per heavy atom. The maximum atomic E-state index is 11.7. The fourth-order valence-electron chi connectivity index (χ4n) is 5.96. The van der Waals surface area contributed by atoms with Crippen LogP contribution in [0.25, 0.3) is 0 Å². The number of primary amides is 1. The first-order chi connectivity index (χ1) is 16.3. The second-order valence-corrected chi connectivity index (χ2v) is 10.6. The van der Waals surface area contributed by atoms with Gasteiger partial charge in [-0.3, -0.25) is 4.90 Å². The number of carbonyl (C=O) groups is 1. The Hall–Kier alpha value is -3.04. The van der Waals surface area contributed by atoms with Crippen molar-refractivity contribution in [2.24, 2.45) is 11.1 Å². The van der Waals surface area contributed by atoms with Gasteiger partial charge in [-0.05, 0) is 61.3 Å². The molecule has 1 heterocycles. The third-order valence-electron chi connectivity index (χ3n) is 7.22. The SMILES string of the molecule is CC(C)(C)C1[C@H](OC(N)=O)CCCN1C1CC(c2ccccc2)CC1Oc1ccccc1C#N. The number of hydrogen-bond donors (Lipinski definition) is 1. The van der Waals surface area contributed by atoms with E-state index in [1.807, 2.05) is 24.3 Å². The van der Waals surface area contributed by atoms with Crippen molar-refractivity contribution in [3.63, 3.8) is 0 Å². The van der Waals surface area contributed by atoms with Crippen molar-refractivity contribution in [2.45, 2.75) is 76.7 Å². The molecular formula is C28H35N3O3. The summed E-state index contributed by atoms with van der Waals surface area (Å²) in [5, 5.41) is 9.60. The summed E-state index contributed by atoms with van der Waals surface area (Å²) in [7, 11) is 0. The largest absolute Gasteiger partial charge is 0.487 e. The first-order valence-corrected chi connectivity index (χ1v) is 12.2. The second kappa shape index (κ2) is 10.1. The zero-order valence-electron chi connectivity index (χ0n) is 20.3. The number of hydrogen-bond acceptors (Lipinski definition) is 5. The molecule has 2 aromatic rings. The Morgan fingerprint density at radius 1 is 1.06 bits per heavy atom. The van der Waals surface area contributed by atoms with E-state index in [1.165, 1.54) is 5.56 Å². The van der Waals surface area contributed by atoms with E-state index in [0.29, 0.717) is 17.2 Å². The van der Waals surface area contributed by atoms with Gasteiger partial charge in [0.1, 0.15) is 24.0 Å². The predicted octanol–water partition coefficient (Wildman–Crippen LogP) is 5.23. The Bertz CT molecular complexity index is 1030. The summed E-state index contributed by atoms with van der Waals surface area (Å²) in [6.45, 7) is 7.49. The highest BCUT2D eigenvalue weighted by atomic mass is 16.6. The molecule has 34 heavy (non-hydrogen) atoms. The van der Waals surface area contributed by atoms with Crippen LogP contribution >= 0.6 is 0 Å². The van der Waals surface area contributed by atoms with E-state index in [9.17, 15) is 10.1 Å². The number of amides is 1. The molecule has 2 fully saturated rings. The summed E-state index contributed by atoms with van der Waals surface area (Å²) in [6, 6.07) is 20.4. The molecule has 0 bridgehead atoms. The van der Waals surface area contributed by atoms with Crippen LogP contribution in [0.4, 0.5) is 4.79 Å². The zero-order chi connectivity index (χ0) is 24.3. The van der Waals surface area contributed by atoms with Crippen LogP contribution in [0.5, 0.6) is 5.75 Å². The fourth-order valence-corrected chi connectivity index (χ4v) is 5.96. The van der Waals surface area contributed by atoms with Crippen molar-refractivity contribution in [3.05, 3.63) is 65.7 Å². The van der Waals surface area contributed by atoms with Crippen LogP contribution in [0.15, 0.2) is 54.6 Å². The van der Waals surface area contributed by atoms with Crippen molar-refractivity contribution in [1.82, 2.24) is 4.90 Å². The number of para-hydroxylation sites is 1. The molecule has 2 aliphatic rings. The van der Waals surface area contributed by atoms with Crippen molar-refractivity contribution in [2.75, 3.05) is 6.54 Å². The van der Waals surface area contributed by atoms with Crippen LogP contribution < -0.4 is 10.5 Å². The Morgan fingerprint density at radius 3 is 2.44 bits per heavy atom. The molecule has 2 aromatic carbocycles. The van der Waals surface area contributed by atoms with E-state index in [2.05, 4.69) is 56.0 Å². The summed E-state index contributed by atoms with van der Waals surface area (Å²) in [5.74, 6) is 0.978. The number of nitrogens with two attached hydrogens (primary N) is 1. The molecule has 1 amide bonds. The fraction of sp³-hybridized carbons (Fsp3) is 0.500. The van der Waals surface area contributed by atoms with E-state index in [1.54, 1.807) is 6.07 Å². The van der Waals surface area contributed by atoms with Crippen LogP contribution in [0, 0.1) is 16.7 Å². The van der Waals surface area contributed by atoms with Crippen LogP contribution in [0.3, 0.4) is 0 Å². The predicted molar refractivity (Wildman–Crippen MR) is 131 cm³/mol. The minimum Gasteiger partial charge on any atom is -0.487 e. The lowest BCUT2D eigenvalue weighted by molar-refractivity contribution is -0.0776. The first kappa shape index (κ1) is 24.1. The van der Waals surface area contributed by atoms with Crippen LogP contribution in [0.1, 0.15) is 63.5 Å². The molecule has 6 nitrogen and oxygen atoms in total. The highest BCUT2D eigenvalue weighted by Crippen LogP contribution is 2.44. The average molecular weight is 462 g/mol. The van der Waals surface area contributed by atoms with E-state index in [0.717, 1.165) is 32.2 Å². The van der Waals surface area contributed by atoms with Crippen LogP contribution in [-0.2, 0) is 4.74 Å². The average Bonchev–Trinajstić information content (AvgIpc) is 3.22. The van der Waals surface area contributed by atoms with Crippen molar-refractivity contribution >= 4 is 6.09 Å². The summed E-state index contributed by atoms with van der Waals surface area (Å²) in [4.78, 5) is 14.2. The number of piperidine rings is 1. The van der Waals surface area contributed by atoms with Crippen molar-refractivity contribution in [1.29, 1.82) is 5.26 Å². The molecule has 2 N–H and O–H groups in total. The lowest BCUT2D eigenvalue weighted by Gasteiger charge is -2.50. The molecule has 0 aromatic heterocycles. The molecule has 1 aliphatic carbocycles. The minimum absolute atomic E-state index is 0.0191. The number of nitriles is 1. The molecule has 0 radical (unpaired) electrons. The number of nitrogens with zero attached hydrogens (tertiary/aromatic N) is 2. The molecule has 1 aliphatic heterocycles. The van der Waals surface area contributed by atoms with Gasteiger partial charge >= 0.3 is 6.09 Å². The smallest absolute Gasteiger partial charge is 0.404 e. The zero-order valence-corrected chi connectivity index (χ0v) is 20.3. The van der Waals surface area contributed by atoms with Gasteiger partial charge in [-0.2, -0.15) is 5.26 Å². The van der Waals surface area contributed by atoms with Gasteiger partial charge in [-0.15, -0.1) is 0 Å². The van der Waals surface area contributed by atoms with Gasteiger partial charge in [-0.1, -0.05) is 63.2 Å². The topological polar surface area (TPSA) is 88.6 Å². The second-order valence-electron chi connectivity index (χ2n) is 10.6. The highest BCUT2D eigenvalue weighted by Gasteiger charge is 2.49. The summed E-state index contributed by atoms with van der Waals surface area (Å²) in [5.41, 5.74) is 7.18. The molecule has 5 atom stereocenters. The number of likely N-dealkylation sites (tertiary alicyclic amines) is 1. The number of rotatable bonds is 5. The summed E-state index contributed by atoms with van der Waals surface area (Å²) >= 11 is 0. The van der Waals surface area contributed by atoms with Gasteiger partial charge in [0.2, 0.25) is 0 Å². The van der Waals surface area contributed by atoms with Gasteiger partial charge in [0.05, 0.1) is 11.6 Å². The van der Waals surface area contributed by atoms with Gasteiger partial charge in [0.25, 0.3) is 0 Å². The standard InChI is InChI=1S/C28H35N3O3/c1-28(2,3)26-24(34-27(30)32)14-9-15-31(26)22-16-21(19-10-5-4-6-11-19)17-25(22)33-23-13-8-7-12-20(23)18-29/h4-8,10-13,21-22,24-26H,9,14-17H2,1-3H3,(H2,30,32)/t21?,22?,24-,25?,26?/m1/s1. The van der Waals surface area contributed by atoms with Crippen molar-refractivity contribution in [3.8, 4) is 11.8 Å². The van der Waals surface area contributed by atoms with Crippen LogP contribution in [0.2, 0.25) is 0 Å². The Balaban J connectivity index is 1.68. The summed E-state index contributed by atoms with van der Waals surface area (Å²) < 4.78 is 12.2. The quantitative estimate of drug-likeness (QED) is 0.659. The normalized spacial score (nSPS) is 27.6. The third-order valence-corrected chi connectivity index (χ3v) is 7.22. The van der Waals surface area contributed by atoms with Gasteiger partial charge < -0.3 is 15.2 Å². The van der Waals surface area contributed by atoms with E-state index in [-0.39, 0.29) is 29.7 Å². The van der Waals surface area contributed by atoms with Gasteiger partial charge in [0, 0.05) is 6.04 Å². The monoisotopic (exact) mass is 461 g/mol. The molecule has 6 heteroatoms. The Kier molecular flexibility index (Phi) is 7.13. The molecule has 0 spiro atoms. The Labute approximate surface area is 202 Å².